The molecule has 1 rings (SSSR count). The minimum absolute atomic E-state index is 0.0623. The third kappa shape index (κ3) is 4.13. The van der Waals surface area contributed by atoms with Crippen LogP contribution in [-0.2, 0) is 11.2 Å². The molecule has 0 fully saturated rings. The fraction of sp³-hybridized carbons (Fsp3) is 0.417. The number of nitrogens with one attached hydrogen (secondary N) is 1. The Labute approximate surface area is 90.7 Å². The Hall–Kier alpha value is -1.35. The third-order valence-electron chi connectivity index (χ3n) is 2.20. The molecular formula is C12H18N2O. The van der Waals surface area contributed by atoms with Crippen LogP contribution in [0.3, 0.4) is 0 Å². The van der Waals surface area contributed by atoms with E-state index in [0.717, 1.165) is 6.42 Å². The van der Waals surface area contributed by atoms with Gasteiger partial charge in [-0.25, -0.2) is 0 Å². The number of hydrogen-bond donors (Lipinski definition) is 2. The van der Waals surface area contributed by atoms with Crippen molar-refractivity contribution in [1.82, 2.24) is 5.32 Å². The van der Waals surface area contributed by atoms with Crippen LogP contribution in [0.15, 0.2) is 18.2 Å². The van der Waals surface area contributed by atoms with Gasteiger partial charge in [0.1, 0.15) is 0 Å². The maximum absolute atomic E-state index is 10.9. The maximum atomic E-state index is 10.9. The molecule has 3 nitrogen and oxygen atoms in total. The van der Waals surface area contributed by atoms with E-state index in [9.17, 15) is 4.79 Å². The van der Waals surface area contributed by atoms with Gasteiger partial charge in [-0.1, -0.05) is 29.3 Å². The molecule has 82 valence electrons. The van der Waals surface area contributed by atoms with Crippen molar-refractivity contribution < 1.29 is 4.79 Å². The van der Waals surface area contributed by atoms with Crippen LogP contribution < -0.4 is 11.1 Å². The van der Waals surface area contributed by atoms with Crippen LogP contribution in [0.5, 0.6) is 0 Å². The van der Waals surface area contributed by atoms with Crippen LogP contribution in [-0.4, -0.2) is 19.0 Å². The van der Waals surface area contributed by atoms with Crippen molar-refractivity contribution in [3.8, 4) is 0 Å². The van der Waals surface area contributed by atoms with Crippen LogP contribution >= 0.6 is 0 Å². The quantitative estimate of drug-likeness (QED) is 0.769. The summed E-state index contributed by atoms with van der Waals surface area (Å²) in [6.07, 6.45) is 0.855. The first-order valence-electron chi connectivity index (χ1n) is 5.16. The molecule has 0 saturated heterocycles. The summed E-state index contributed by atoms with van der Waals surface area (Å²) >= 11 is 0. The Balaban J connectivity index is 2.47. The van der Waals surface area contributed by atoms with E-state index in [1.165, 1.54) is 16.7 Å². The van der Waals surface area contributed by atoms with Crippen LogP contribution in [0.2, 0.25) is 0 Å². The van der Waals surface area contributed by atoms with Gasteiger partial charge in [0.15, 0.2) is 0 Å². The van der Waals surface area contributed by atoms with Crippen molar-refractivity contribution in [1.29, 1.82) is 0 Å². The number of carbonyl (C=O) groups excluding carboxylic acids is 1. The van der Waals surface area contributed by atoms with E-state index in [-0.39, 0.29) is 12.5 Å². The lowest BCUT2D eigenvalue weighted by atomic mass is 10.1. The first-order valence-corrected chi connectivity index (χ1v) is 5.16. The van der Waals surface area contributed by atoms with Crippen LogP contribution in [0.1, 0.15) is 16.7 Å². The van der Waals surface area contributed by atoms with Gasteiger partial charge in [0.25, 0.3) is 0 Å². The molecule has 3 heteroatoms. The van der Waals surface area contributed by atoms with Gasteiger partial charge < -0.3 is 11.1 Å². The molecule has 0 aliphatic rings. The summed E-state index contributed by atoms with van der Waals surface area (Å²) in [4.78, 5) is 10.9. The number of amides is 1. The molecule has 1 aromatic rings. The lowest BCUT2D eigenvalue weighted by Gasteiger charge is -2.06. The number of carbonyl (C=O) groups is 1. The van der Waals surface area contributed by atoms with E-state index in [1.54, 1.807) is 0 Å². The average molecular weight is 206 g/mol. The van der Waals surface area contributed by atoms with Gasteiger partial charge in [-0.3, -0.25) is 4.79 Å². The molecule has 0 aliphatic carbocycles. The second kappa shape index (κ2) is 5.51. The smallest absolute Gasteiger partial charge is 0.233 e. The van der Waals surface area contributed by atoms with Crippen LogP contribution in [0, 0.1) is 13.8 Å². The molecule has 0 radical (unpaired) electrons. The highest BCUT2D eigenvalue weighted by Gasteiger charge is 1.98. The highest BCUT2D eigenvalue weighted by Crippen LogP contribution is 2.08. The summed E-state index contributed by atoms with van der Waals surface area (Å²) in [6.45, 7) is 4.87. The summed E-state index contributed by atoms with van der Waals surface area (Å²) in [5, 5.41) is 2.76. The maximum Gasteiger partial charge on any atom is 0.233 e. The lowest BCUT2D eigenvalue weighted by molar-refractivity contribution is -0.119. The van der Waals surface area contributed by atoms with Crippen LogP contribution in [0.4, 0.5) is 0 Å². The van der Waals surface area contributed by atoms with E-state index in [1.807, 2.05) is 0 Å². The molecule has 15 heavy (non-hydrogen) atoms. The van der Waals surface area contributed by atoms with Gasteiger partial charge in [0.05, 0.1) is 6.54 Å². The lowest BCUT2D eigenvalue weighted by Crippen LogP contribution is -2.31. The van der Waals surface area contributed by atoms with E-state index in [2.05, 4.69) is 37.4 Å². The van der Waals surface area contributed by atoms with Crippen LogP contribution in [0.25, 0.3) is 0 Å². The van der Waals surface area contributed by atoms with Crippen molar-refractivity contribution in [2.75, 3.05) is 13.1 Å². The largest absolute Gasteiger partial charge is 0.355 e. The van der Waals surface area contributed by atoms with Gasteiger partial charge in [0.2, 0.25) is 5.91 Å². The van der Waals surface area contributed by atoms with Gasteiger partial charge in [-0.15, -0.1) is 0 Å². The Morgan fingerprint density at radius 3 is 2.40 bits per heavy atom. The Morgan fingerprint density at radius 2 is 1.87 bits per heavy atom. The summed E-state index contributed by atoms with van der Waals surface area (Å²) in [5.41, 5.74) is 8.96. The van der Waals surface area contributed by atoms with Crippen molar-refractivity contribution in [2.24, 2.45) is 5.73 Å². The zero-order valence-electron chi connectivity index (χ0n) is 9.34. The normalized spacial score (nSPS) is 10.1. The second-order valence-corrected chi connectivity index (χ2v) is 3.80. The van der Waals surface area contributed by atoms with Crippen molar-refractivity contribution in [3.63, 3.8) is 0 Å². The number of hydrogen-bond acceptors (Lipinski definition) is 2. The van der Waals surface area contributed by atoms with Gasteiger partial charge >= 0.3 is 0 Å². The van der Waals surface area contributed by atoms with Crippen molar-refractivity contribution >= 4 is 5.91 Å². The van der Waals surface area contributed by atoms with E-state index < -0.39 is 0 Å². The van der Waals surface area contributed by atoms with Gasteiger partial charge in [-0.2, -0.15) is 0 Å². The number of benzene rings is 1. The molecule has 0 aliphatic heterocycles. The second-order valence-electron chi connectivity index (χ2n) is 3.80. The molecule has 0 atom stereocenters. The average Bonchev–Trinajstić information content (AvgIpc) is 2.16. The highest BCUT2D eigenvalue weighted by molar-refractivity contribution is 5.77. The molecule has 0 heterocycles. The molecular weight excluding hydrogens is 188 g/mol. The minimum atomic E-state index is -0.0978. The standard InChI is InChI=1S/C12H18N2O/c1-9-5-10(2)7-11(6-9)3-4-14-12(15)8-13/h5-7H,3-4,8,13H2,1-2H3,(H,14,15). The monoisotopic (exact) mass is 206 g/mol. The molecule has 1 aromatic carbocycles. The first-order chi connectivity index (χ1) is 7.11. The first kappa shape index (κ1) is 11.7. The Kier molecular flexibility index (Phi) is 4.31. The SMILES string of the molecule is Cc1cc(C)cc(CCNC(=O)CN)c1. The summed E-state index contributed by atoms with van der Waals surface area (Å²) in [6, 6.07) is 6.42. The molecule has 0 unspecified atom stereocenters. The Bertz CT molecular complexity index is 327. The summed E-state index contributed by atoms with van der Waals surface area (Å²) < 4.78 is 0. The summed E-state index contributed by atoms with van der Waals surface area (Å²) in [5.74, 6) is -0.0978. The zero-order valence-corrected chi connectivity index (χ0v) is 9.34. The van der Waals surface area contributed by atoms with Gasteiger partial charge in [0, 0.05) is 6.54 Å². The van der Waals surface area contributed by atoms with Gasteiger partial charge in [-0.05, 0) is 25.8 Å². The molecule has 0 spiro atoms. The third-order valence-corrected chi connectivity index (χ3v) is 2.20. The predicted molar refractivity (Wildman–Crippen MR) is 61.7 cm³/mol. The molecule has 0 aromatic heterocycles. The minimum Gasteiger partial charge on any atom is -0.355 e. The summed E-state index contributed by atoms with van der Waals surface area (Å²) in [7, 11) is 0. The fourth-order valence-corrected chi connectivity index (χ4v) is 1.63. The molecule has 0 saturated carbocycles. The van der Waals surface area contributed by atoms with E-state index in [0.29, 0.717) is 6.54 Å². The number of rotatable bonds is 4. The Morgan fingerprint density at radius 1 is 1.27 bits per heavy atom. The predicted octanol–water partition coefficient (Wildman–Crippen LogP) is 0.921. The highest BCUT2D eigenvalue weighted by atomic mass is 16.1. The number of aryl methyl sites for hydroxylation is 2. The molecule has 1 amide bonds. The zero-order chi connectivity index (χ0) is 11.3. The van der Waals surface area contributed by atoms with Crippen molar-refractivity contribution in [3.05, 3.63) is 34.9 Å². The van der Waals surface area contributed by atoms with E-state index in [4.69, 9.17) is 5.73 Å². The van der Waals surface area contributed by atoms with E-state index >= 15 is 0 Å². The molecule has 3 N–H and O–H groups in total. The molecule has 0 bridgehead atoms. The topological polar surface area (TPSA) is 55.1 Å². The fourth-order valence-electron chi connectivity index (χ4n) is 1.63. The number of nitrogens with two attached hydrogens (primary N) is 1. The van der Waals surface area contributed by atoms with Crippen molar-refractivity contribution in [2.45, 2.75) is 20.3 Å².